The molecule has 0 N–H and O–H groups in total. The average Bonchev–Trinajstić information content (AvgIpc) is 2.51. The first-order chi connectivity index (χ1) is 9.69. The summed E-state index contributed by atoms with van der Waals surface area (Å²) in [6.45, 7) is 2.13. The van der Waals surface area contributed by atoms with Gasteiger partial charge in [-0.05, 0) is 53.2 Å². The number of hydrogen-bond donors (Lipinski definition) is 0. The smallest absolute Gasteiger partial charge is 0.162 e. The Hall–Kier alpha value is -1.96. The molecule has 3 rings (SSSR count). The van der Waals surface area contributed by atoms with Crippen molar-refractivity contribution in [3.05, 3.63) is 70.3 Å². The zero-order valence-corrected chi connectivity index (χ0v) is 11.4. The van der Waals surface area contributed by atoms with Crippen molar-refractivity contribution in [1.82, 2.24) is 0 Å². The summed E-state index contributed by atoms with van der Waals surface area (Å²) in [6.07, 6.45) is 4.30. The van der Waals surface area contributed by atoms with Crippen LogP contribution < -0.4 is 0 Å². The quantitative estimate of drug-likeness (QED) is 0.719. The van der Waals surface area contributed by atoms with Crippen LogP contribution >= 0.6 is 0 Å². The Morgan fingerprint density at radius 3 is 2.40 bits per heavy atom. The minimum Gasteiger partial charge on any atom is -0.204 e. The standard InChI is InChI=1S/C18H16F2/c1-2-12-3-5-13(6-4-12)14-7-9-16-15(11-14)8-10-17(19)18(16)20/h3-6,8,10-11H,2,7,9H2,1H3. The Morgan fingerprint density at radius 1 is 0.950 bits per heavy atom. The normalized spacial score (nSPS) is 13.8. The zero-order chi connectivity index (χ0) is 14.1. The number of hydrogen-bond acceptors (Lipinski definition) is 0. The fraction of sp³-hybridized carbons (Fsp3) is 0.222. The molecular formula is C18H16F2. The maximum atomic E-state index is 13.7. The number of allylic oxidation sites excluding steroid dienone is 1. The van der Waals surface area contributed by atoms with E-state index in [4.69, 9.17) is 0 Å². The highest BCUT2D eigenvalue weighted by molar-refractivity contribution is 5.84. The van der Waals surface area contributed by atoms with Gasteiger partial charge in [-0.1, -0.05) is 43.3 Å². The fourth-order valence-electron chi connectivity index (χ4n) is 2.70. The molecule has 0 saturated carbocycles. The first-order valence-corrected chi connectivity index (χ1v) is 6.96. The molecule has 20 heavy (non-hydrogen) atoms. The molecule has 0 spiro atoms. The largest absolute Gasteiger partial charge is 0.204 e. The van der Waals surface area contributed by atoms with Gasteiger partial charge < -0.3 is 0 Å². The van der Waals surface area contributed by atoms with Gasteiger partial charge in [-0.25, -0.2) is 8.78 Å². The Kier molecular flexibility index (Phi) is 3.39. The second-order valence-corrected chi connectivity index (χ2v) is 5.15. The minimum atomic E-state index is -0.757. The van der Waals surface area contributed by atoms with Gasteiger partial charge in [0.05, 0.1) is 0 Å². The van der Waals surface area contributed by atoms with E-state index in [1.165, 1.54) is 17.2 Å². The second kappa shape index (κ2) is 5.20. The lowest BCUT2D eigenvalue weighted by Crippen LogP contribution is -2.04. The summed E-state index contributed by atoms with van der Waals surface area (Å²) in [7, 11) is 0. The van der Waals surface area contributed by atoms with Crippen molar-refractivity contribution in [3.8, 4) is 0 Å². The van der Waals surface area contributed by atoms with Crippen molar-refractivity contribution < 1.29 is 8.78 Å². The summed E-state index contributed by atoms with van der Waals surface area (Å²) in [5, 5.41) is 0. The predicted molar refractivity (Wildman–Crippen MR) is 78.4 cm³/mol. The van der Waals surface area contributed by atoms with Crippen LogP contribution in [0.25, 0.3) is 11.6 Å². The van der Waals surface area contributed by atoms with E-state index in [0.717, 1.165) is 24.0 Å². The van der Waals surface area contributed by atoms with Gasteiger partial charge in [0, 0.05) is 0 Å². The number of aryl methyl sites for hydroxylation is 1. The molecule has 0 fully saturated rings. The topological polar surface area (TPSA) is 0 Å². The van der Waals surface area contributed by atoms with E-state index in [1.54, 1.807) is 6.07 Å². The van der Waals surface area contributed by atoms with Crippen LogP contribution in [-0.2, 0) is 12.8 Å². The highest BCUT2D eigenvalue weighted by atomic mass is 19.2. The molecule has 1 aliphatic carbocycles. The molecule has 0 amide bonds. The summed E-state index contributed by atoms with van der Waals surface area (Å²) in [4.78, 5) is 0. The molecule has 0 radical (unpaired) electrons. The Labute approximate surface area is 117 Å². The molecular weight excluding hydrogens is 254 g/mol. The fourth-order valence-corrected chi connectivity index (χ4v) is 2.70. The maximum absolute atomic E-state index is 13.7. The van der Waals surface area contributed by atoms with Crippen LogP contribution in [0.2, 0.25) is 0 Å². The molecule has 102 valence electrons. The van der Waals surface area contributed by atoms with Gasteiger partial charge in [-0.3, -0.25) is 0 Å². The average molecular weight is 270 g/mol. The molecule has 0 unspecified atom stereocenters. The Bertz CT molecular complexity index is 667. The summed E-state index contributed by atoms with van der Waals surface area (Å²) in [5.41, 5.74) is 4.95. The highest BCUT2D eigenvalue weighted by Gasteiger charge is 2.17. The third kappa shape index (κ3) is 2.26. The lowest BCUT2D eigenvalue weighted by atomic mass is 9.88. The van der Waals surface area contributed by atoms with E-state index in [0.29, 0.717) is 12.0 Å². The van der Waals surface area contributed by atoms with Gasteiger partial charge in [-0.2, -0.15) is 0 Å². The van der Waals surface area contributed by atoms with Crippen molar-refractivity contribution in [2.75, 3.05) is 0 Å². The molecule has 2 heteroatoms. The Balaban J connectivity index is 1.99. The first-order valence-electron chi connectivity index (χ1n) is 6.96. The van der Waals surface area contributed by atoms with Crippen molar-refractivity contribution in [3.63, 3.8) is 0 Å². The zero-order valence-electron chi connectivity index (χ0n) is 11.4. The lowest BCUT2D eigenvalue weighted by molar-refractivity contribution is 0.498. The second-order valence-electron chi connectivity index (χ2n) is 5.15. The molecule has 0 bridgehead atoms. The number of fused-ring (bicyclic) bond motifs is 1. The third-order valence-electron chi connectivity index (χ3n) is 3.94. The molecule has 2 aromatic rings. The van der Waals surface area contributed by atoms with Crippen molar-refractivity contribution >= 4 is 11.6 Å². The minimum absolute atomic E-state index is 0.499. The van der Waals surface area contributed by atoms with E-state index in [1.807, 2.05) is 6.08 Å². The van der Waals surface area contributed by atoms with Crippen LogP contribution in [0.3, 0.4) is 0 Å². The molecule has 0 aliphatic heterocycles. The van der Waals surface area contributed by atoms with E-state index in [9.17, 15) is 8.78 Å². The first kappa shape index (κ1) is 13.0. The van der Waals surface area contributed by atoms with Crippen LogP contribution in [0.1, 0.15) is 35.6 Å². The van der Waals surface area contributed by atoms with Gasteiger partial charge >= 0.3 is 0 Å². The van der Waals surface area contributed by atoms with Crippen LogP contribution in [0.15, 0.2) is 36.4 Å². The van der Waals surface area contributed by atoms with E-state index in [2.05, 4.69) is 31.2 Å². The predicted octanol–water partition coefficient (Wildman–Crippen LogP) is 5.01. The van der Waals surface area contributed by atoms with Crippen molar-refractivity contribution in [1.29, 1.82) is 0 Å². The van der Waals surface area contributed by atoms with Gasteiger partial charge in [0.25, 0.3) is 0 Å². The van der Waals surface area contributed by atoms with Gasteiger partial charge in [-0.15, -0.1) is 0 Å². The lowest BCUT2D eigenvalue weighted by Gasteiger charge is -2.18. The van der Waals surface area contributed by atoms with E-state index >= 15 is 0 Å². The molecule has 0 nitrogen and oxygen atoms in total. The summed E-state index contributed by atoms with van der Waals surface area (Å²) >= 11 is 0. The van der Waals surface area contributed by atoms with Crippen molar-refractivity contribution in [2.45, 2.75) is 26.2 Å². The van der Waals surface area contributed by atoms with Crippen LogP contribution in [0.5, 0.6) is 0 Å². The van der Waals surface area contributed by atoms with Crippen molar-refractivity contribution in [2.24, 2.45) is 0 Å². The van der Waals surface area contributed by atoms with Crippen LogP contribution in [-0.4, -0.2) is 0 Å². The monoisotopic (exact) mass is 270 g/mol. The number of benzene rings is 2. The molecule has 0 saturated heterocycles. The summed E-state index contributed by atoms with van der Waals surface area (Å²) in [6, 6.07) is 11.3. The molecule has 0 heterocycles. The maximum Gasteiger partial charge on any atom is 0.162 e. The third-order valence-corrected chi connectivity index (χ3v) is 3.94. The molecule has 1 aliphatic rings. The number of rotatable bonds is 2. The summed E-state index contributed by atoms with van der Waals surface area (Å²) < 4.78 is 26.9. The summed E-state index contributed by atoms with van der Waals surface area (Å²) in [5.74, 6) is -1.45. The van der Waals surface area contributed by atoms with E-state index < -0.39 is 11.6 Å². The molecule has 0 aromatic heterocycles. The SMILES string of the molecule is CCc1ccc(C2=Cc3ccc(F)c(F)c3CC2)cc1. The van der Waals surface area contributed by atoms with Crippen LogP contribution in [0, 0.1) is 11.6 Å². The van der Waals surface area contributed by atoms with E-state index in [-0.39, 0.29) is 0 Å². The molecule has 2 aromatic carbocycles. The number of halogens is 2. The highest BCUT2D eigenvalue weighted by Crippen LogP contribution is 2.32. The Morgan fingerprint density at radius 2 is 1.70 bits per heavy atom. The van der Waals surface area contributed by atoms with Crippen LogP contribution in [0.4, 0.5) is 8.78 Å². The van der Waals surface area contributed by atoms with Gasteiger partial charge in [0.15, 0.2) is 11.6 Å². The van der Waals surface area contributed by atoms with Gasteiger partial charge in [0.1, 0.15) is 0 Å². The van der Waals surface area contributed by atoms with Gasteiger partial charge in [0.2, 0.25) is 0 Å². The molecule has 0 atom stereocenters.